The molecule has 0 aliphatic heterocycles. The minimum absolute atomic E-state index is 0.502. The van der Waals surface area contributed by atoms with E-state index in [2.05, 4.69) is 34.6 Å². The van der Waals surface area contributed by atoms with Gasteiger partial charge in [-0.2, -0.15) is 0 Å². The Balaban J connectivity index is 1.81. The van der Waals surface area contributed by atoms with Gasteiger partial charge in [0.15, 0.2) is 0 Å². The first kappa shape index (κ1) is 13.5. The van der Waals surface area contributed by atoms with Gasteiger partial charge < -0.3 is 11.1 Å². The molecule has 3 nitrogen and oxygen atoms in total. The highest BCUT2D eigenvalue weighted by Gasteiger charge is 2.03. The molecule has 4 heteroatoms. The predicted octanol–water partition coefficient (Wildman–Crippen LogP) is 4.73. The second-order valence-corrected chi connectivity index (χ2v) is 5.07. The van der Waals surface area contributed by atoms with Gasteiger partial charge in [-0.1, -0.05) is 54.1 Å². The van der Waals surface area contributed by atoms with Crippen LogP contribution in [0.3, 0.4) is 0 Å². The average Bonchev–Trinajstić information content (AvgIpc) is 2.52. The van der Waals surface area contributed by atoms with E-state index >= 15 is 0 Å². The van der Waals surface area contributed by atoms with Crippen molar-refractivity contribution in [3.63, 3.8) is 0 Å². The molecule has 21 heavy (non-hydrogen) atoms. The standard InChI is InChI=1S/C17H14ClN3/c18-16-10-14(19)11-20-17(16)21-15-8-6-13(7-9-15)12-4-2-1-3-5-12/h1-11H,19H2,(H,20,21). The summed E-state index contributed by atoms with van der Waals surface area (Å²) in [6.45, 7) is 0. The lowest BCUT2D eigenvalue weighted by molar-refractivity contribution is 1.31. The molecule has 0 aliphatic rings. The number of hydrogen-bond donors (Lipinski definition) is 2. The first-order valence-corrected chi connectivity index (χ1v) is 6.94. The van der Waals surface area contributed by atoms with Crippen LogP contribution < -0.4 is 11.1 Å². The van der Waals surface area contributed by atoms with Crippen LogP contribution in [0.4, 0.5) is 17.2 Å². The fraction of sp³-hybridized carbons (Fsp3) is 0. The zero-order valence-corrected chi connectivity index (χ0v) is 12.0. The van der Waals surface area contributed by atoms with Crippen molar-refractivity contribution in [2.75, 3.05) is 11.1 Å². The van der Waals surface area contributed by atoms with E-state index < -0.39 is 0 Å². The molecular weight excluding hydrogens is 282 g/mol. The van der Waals surface area contributed by atoms with E-state index in [0.717, 1.165) is 11.3 Å². The van der Waals surface area contributed by atoms with Crippen molar-refractivity contribution in [2.45, 2.75) is 0 Å². The van der Waals surface area contributed by atoms with Crippen molar-refractivity contribution in [3.05, 3.63) is 71.9 Å². The number of nitrogen functional groups attached to an aromatic ring is 1. The van der Waals surface area contributed by atoms with Crippen LogP contribution in [0.25, 0.3) is 11.1 Å². The van der Waals surface area contributed by atoms with Crippen LogP contribution in [0.1, 0.15) is 0 Å². The molecule has 0 atom stereocenters. The van der Waals surface area contributed by atoms with Gasteiger partial charge in [0.25, 0.3) is 0 Å². The molecule has 0 amide bonds. The molecule has 0 spiro atoms. The summed E-state index contributed by atoms with van der Waals surface area (Å²) >= 11 is 6.10. The molecule has 0 fully saturated rings. The Kier molecular flexibility index (Phi) is 3.75. The highest BCUT2D eigenvalue weighted by Crippen LogP contribution is 2.26. The van der Waals surface area contributed by atoms with Crippen molar-refractivity contribution in [1.82, 2.24) is 4.98 Å². The molecule has 3 N–H and O–H groups in total. The summed E-state index contributed by atoms with van der Waals surface area (Å²) in [7, 11) is 0. The Morgan fingerprint density at radius 3 is 2.24 bits per heavy atom. The molecule has 0 radical (unpaired) electrons. The largest absolute Gasteiger partial charge is 0.397 e. The second-order valence-electron chi connectivity index (χ2n) is 4.67. The SMILES string of the molecule is Nc1cnc(Nc2ccc(-c3ccccc3)cc2)c(Cl)c1. The molecule has 0 aliphatic carbocycles. The lowest BCUT2D eigenvalue weighted by Gasteiger charge is -2.09. The highest BCUT2D eigenvalue weighted by molar-refractivity contribution is 6.33. The third-order valence-electron chi connectivity index (χ3n) is 3.12. The van der Waals surface area contributed by atoms with Crippen LogP contribution >= 0.6 is 11.6 Å². The number of hydrogen-bond acceptors (Lipinski definition) is 3. The van der Waals surface area contributed by atoms with Gasteiger partial charge in [-0.05, 0) is 29.3 Å². The van der Waals surface area contributed by atoms with Crippen LogP contribution in [-0.4, -0.2) is 4.98 Å². The Labute approximate surface area is 128 Å². The Morgan fingerprint density at radius 2 is 1.57 bits per heavy atom. The summed E-state index contributed by atoms with van der Waals surface area (Å²) in [5.41, 5.74) is 9.45. The molecule has 104 valence electrons. The molecular formula is C17H14ClN3. The predicted molar refractivity (Wildman–Crippen MR) is 88.8 cm³/mol. The monoisotopic (exact) mass is 295 g/mol. The summed E-state index contributed by atoms with van der Waals surface area (Å²) in [6, 6.07) is 20.0. The van der Waals surface area contributed by atoms with Crippen LogP contribution in [0.2, 0.25) is 5.02 Å². The van der Waals surface area contributed by atoms with Crippen molar-refractivity contribution in [3.8, 4) is 11.1 Å². The van der Waals surface area contributed by atoms with E-state index in [1.807, 2.05) is 30.3 Å². The lowest BCUT2D eigenvalue weighted by atomic mass is 10.1. The number of halogens is 1. The van der Waals surface area contributed by atoms with E-state index in [0.29, 0.717) is 16.5 Å². The van der Waals surface area contributed by atoms with Crippen LogP contribution in [0.15, 0.2) is 66.9 Å². The summed E-state index contributed by atoms with van der Waals surface area (Å²) in [4.78, 5) is 4.19. The number of nitrogens with one attached hydrogen (secondary N) is 1. The molecule has 2 aromatic carbocycles. The maximum atomic E-state index is 6.10. The maximum absolute atomic E-state index is 6.10. The molecule has 0 saturated heterocycles. The van der Waals surface area contributed by atoms with Gasteiger partial charge in [-0.3, -0.25) is 0 Å². The van der Waals surface area contributed by atoms with Crippen LogP contribution in [-0.2, 0) is 0 Å². The van der Waals surface area contributed by atoms with Crippen molar-refractivity contribution < 1.29 is 0 Å². The molecule has 1 heterocycles. The van der Waals surface area contributed by atoms with Gasteiger partial charge in [0, 0.05) is 5.69 Å². The minimum Gasteiger partial charge on any atom is -0.397 e. The third kappa shape index (κ3) is 3.15. The Bertz CT molecular complexity index is 740. The number of nitrogens with zero attached hydrogens (tertiary/aromatic N) is 1. The van der Waals surface area contributed by atoms with E-state index in [1.165, 1.54) is 5.56 Å². The topological polar surface area (TPSA) is 50.9 Å². The zero-order valence-electron chi connectivity index (χ0n) is 11.3. The van der Waals surface area contributed by atoms with Crippen LogP contribution in [0, 0.1) is 0 Å². The number of rotatable bonds is 3. The fourth-order valence-electron chi connectivity index (χ4n) is 2.06. The summed E-state index contributed by atoms with van der Waals surface area (Å²) < 4.78 is 0. The second kappa shape index (κ2) is 5.85. The van der Waals surface area contributed by atoms with Gasteiger partial charge in [0.2, 0.25) is 0 Å². The van der Waals surface area contributed by atoms with E-state index in [9.17, 15) is 0 Å². The van der Waals surface area contributed by atoms with Gasteiger partial charge in [-0.15, -0.1) is 0 Å². The zero-order chi connectivity index (χ0) is 14.7. The fourth-order valence-corrected chi connectivity index (χ4v) is 2.28. The molecule has 0 unspecified atom stereocenters. The smallest absolute Gasteiger partial charge is 0.149 e. The normalized spacial score (nSPS) is 10.3. The van der Waals surface area contributed by atoms with E-state index in [4.69, 9.17) is 17.3 Å². The molecule has 3 aromatic rings. The van der Waals surface area contributed by atoms with Gasteiger partial charge in [-0.25, -0.2) is 4.98 Å². The quantitative estimate of drug-likeness (QED) is 0.734. The Morgan fingerprint density at radius 1 is 0.905 bits per heavy atom. The summed E-state index contributed by atoms with van der Waals surface area (Å²) in [5.74, 6) is 0.596. The van der Waals surface area contributed by atoms with E-state index in [1.54, 1.807) is 12.3 Å². The average molecular weight is 296 g/mol. The van der Waals surface area contributed by atoms with Crippen LogP contribution in [0.5, 0.6) is 0 Å². The molecule has 3 rings (SSSR count). The highest BCUT2D eigenvalue weighted by atomic mass is 35.5. The maximum Gasteiger partial charge on any atom is 0.149 e. The number of nitrogens with two attached hydrogens (primary N) is 1. The van der Waals surface area contributed by atoms with Gasteiger partial charge in [0.05, 0.1) is 16.9 Å². The number of pyridine rings is 1. The third-order valence-corrected chi connectivity index (χ3v) is 3.41. The number of aromatic nitrogens is 1. The first-order valence-electron chi connectivity index (χ1n) is 6.56. The summed E-state index contributed by atoms with van der Waals surface area (Å²) in [6.07, 6.45) is 1.58. The Hall–Kier alpha value is -2.52. The van der Waals surface area contributed by atoms with Crippen molar-refractivity contribution in [1.29, 1.82) is 0 Å². The number of benzene rings is 2. The van der Waals surface area contributed by atoms with Crippen molar-refractivity contribution in [2.24, 2.45) is 0 Å². The number of anilines is 3. The minimum atomic E-state index is 0.502. The molecule has 1 aromatic heterocycles. The molecule has 0 bridgehead atoms. The lowest BCUT2D eigenvalue weighted by Crippen LogP contribution is -1.96. The van der Waals surface area contributed by atoms with Gasteiger partial charge in [0.1, 0.15) is 5.82 Å². The van der Waals surface area contributed by atoms with E-state index in [-0.39, 0.29) is 0 Å². The summed E-state index contributed by atoms with van der Waals surface area (Å²) in [5, 5.41) is 3.68. The van der Waals surface area contributed by atoms with Crippen molar-refractivity contribution >= 4 is 28.8 Å². The first-order chi connectivity index (χ1) is 10.2. The van der Waals surface area contributed by atoms with Gasteiger partial charge >= 0.3 is 0 Å². The molecule has 0 saturated carbocycles.